The number of nitrogen functional groups attached to an aromatic ring is 1. The molecule has 1 fully saturated rings. The van der Waals surface area contributed by atoms with Crippen LogP contribution < -0.4 is 10.5 Å². The molecular formula is C17H16N2O2. The Morgan fingerprint density at radius 3 is 2.57 bits per heavy atom. The van der Waals surface area contributed by atoms with Gasteiger partial charge in [-0.15, -0.1) is 0 Å². The molecule has 1 heterocycles. The molecule has 4 rings (SSSR count). The van der Waals surface area contributed by atoms with E-state index in [1.807, 2.05) is 30.3 Å². The van der Waals surface area contributed by atoms with Gasteiger partial charge in [-0.2, -0.15) is 0 Å². The maximum Gasteiger partial charge on any atom is 0.206 e. The molecule has 1 saturated carbocycles. The van der Waals surface area contributed by atoms with Crippen LogP contribution in [0.1, 0.15) is 24.3 Å². The molecule has 0 atom stereocenters. The van der Waals surface area contributed by atoms with E-state index in [9.17, 15) is 0 Å². The van der Waals surface area contributed by atoms with Crippen molar-refractivity contribution in [1.29, 1.82) is 0 Å². The van der Waals surface area contributed by atoms with Crippen LogP contribution in [0.4, 0.5) is 5.69 Å². The van der Waals surface area contributed by atoms with Gasteiger partial charge in [-0.05, 0) is 42.7 Å². The molecule has 1 aliphatic carbocycles. The Morgan fingerprint density at radius 2 is 1.90 bits per heavy atom. The molecule has 2 N–H and O–H groups in total. The second-order valence-corrected chi connectivity index (χ2v) is 5.56. The molecule has 4 heteroatoms. The normalized spacial score (nSPS) is 16.0. The predicted molar refractivity (Wildman–Crippen MR) is 81.4 cm³/mol. The number of aromatic nitrogens is 1. The van der Waals surface area contributed by atoms with E-state index in [4.69, 9.17) is 14.9 Å². The zero-order valence-electron chi connectivity index (χ0n) is 11.8. The van der Waals surface area contributed by atoms with Crippen molar-refractivity contribution in [3.63, 3.8) is 0 Å². The smallest absolute Gasteiger partial charge is 0.206 e. The summed E-state index contributed by atoms with van der Waals surface area (Å²) in [5.74, 6) is 1.57. The van der Waals surface area contributed by atoms with Gasteiger partial charge in [0.15, 0.2) is 5.58 Å². The quantitative estimate of drug-likeness (QED) is 0.746. The predicted octanol–water partition coefficient (Wildman–Crippen LogP) is 3.50. The van der Waals surface area contributed by atoms with Crippen LogP contribution in [0.25, 0.3) is 11.1 Å². The number of fused-ring (bicyclic) bond motifs is 1. The van der Waals surface area contributed by atoms with E-state index >= 15 is 0 Å². The Balaban J connectivity index is 1.80. The highest BCUT2D eigenvalue weighted by Gasteiger charge is 2.50. The fourth-order valence-electron chi connectivity index (χ4n) is 2.79. The molecule has 1 aromatic heterocycles. The highest BCUT2D eigenvalue weighted by molar-refractivity contribution is 5.75. The lowest BCUT2D eigenvalue weighted by Gasteiger charge is -2.11. The third kappa shape index (κ3) is 1.87. The molecule has 0 spiro atoms. The van der Waals surface area contributed by atoms with Crippen molar-refractivity contribution in [2.24, 2.45) is 0 Å². The van der Waals surface area contributed by atoms with Gasteiger partial charge < -0.3 is 14.9 Å². The summed E-state index contributed by atoms with van der Waals surface area (Å²) in [5.41, 5.74) is 9.32. The molecule has 0 radical (unpaired) electrons. The lowest BCUT2D eigenvalue weighted by atomic mass is 9.96. The Labute approximate surface area is 122 Å². The molecule has 1 aliphatic rings. The van der Waals surface area contributed by atoms with Crippen LogP contribution in [0, 0.1) is 0 Å². The minimum absolute atomic E-state index is 0.0834. The Kier molecular flexibility index (Phi) is 2.48. The number of hydrogen-bond donors (Lipinski definition) is 1. The number of nitrogens with two attached hydrogens (primary N) is 1. The number of nitrogens with zero attached hydrogens (tertiary/aromatic N) is 1. The van der Waals surface area contributed by atoms with Gasteiger partial charge in [-0.1, -0.05) is 12.1 Å². The van der Waals surface area contributed by atoms with E-state index in [1.165, 1.54) is 5.56 Å². The second-order valence-electron chi connectivity index (χ2n) is 5.56. The summed E-state index contributed by atoms with van der Waals surface area (Å²) < 4.78 is 11.2. The first kappa shape index (κ1) is 12.3. The Morgan fingerprint density at radius 1 is 1.14 bits per heavy atom. The summed E-state index contributed by atoms with van der Waals surface area (Å²) in [6.45, 7) is 0. The van der Waals surface area contributed by atoms with Crippen molar-refractivity contribution in [2.45, 2.75) is 18.3 Å². The minimum Gasteiger partial charge on any atom is -0.497 e. The standard InChI is InChI=1S/C17H16N2O2/c1-20-13-6-7-14-15(10-13)21-16(19-14)17(8-9-17)11-2-4-12(18)5-3-11/h2-7,10H,8-9,18H2,1H3. The minimum atomic E-state index is -0.0834. The van der Waals surface area contributed by atoms with Crippen LogP contribution in [0.2, 0.25) is 0 Å². The van der Waals surface area contributed by atoms with Crippen molar-refractivity contribution in [3.05, 3.63) is 53.9 Å². The third-order valence-electron chi connectivity index (χ3n) is 4.22. The van der Waals surface area contributed by atoms with Crippen LogP contribution >= 0.6 is 0 Å². The van der Waals surface area contributed by atoms with Gasteiger partial charge in [0.1, 0.15) is 11.3 Å². The summed E-state index contributed by atoms with van der Waals surface area (Å²) in [5, 5.41) is 0. The van der Waals surface area contributed by atoms with E-state index in [1.54, 1.807) is 7.11 Å². The molecular weight excluding hydrogens is 264 g/mol. The van der Waals surface area contributed by atoms with E-state index in [-0.39, 0.29) is 5.41 Å². The van der Waals surface area contributed by atoms with Gasteiger partial charge in [-0.3, -0.25) is 0 Å². The van der Waals surface area contributed by atoms with Crippen LogP contribution in [0.3, 0.4) is 0 Å². The zero-order valence-corrected chi connectivity index (χ0v) is 11.8. The molecule has 21 heavy (non-hydrogen) atoms. The van der Waals surface area contributed by atoms with E-state index in [2.05, 4.69) is 17.1 Å². The monoisotopic (exact) mass is 280 g/mol. The summed E-state index contributed by atoms with van der Waals surface area (Å²) >= 11 is 0. The molecule has 0 saturated heterocycles. The van der Waals surface area contributed by atoms with E-state index in [0.717, 1.165) is 41.3 Å². The number of ether oxygens (including phenoxy) is 1. The summed E-state index contributed by atoms with van der Waals surface area (Å²) in [7, 11) is 1.65. The molecule has 4 nitrogen and oxygen atoms in total. The van der Waals surface area contributed by atoms with Crippen molar-refractivity contribution in [2.75, 3.05) is 12.8 Å². The fraction of sp³-hybridized carbons (Fsp3) is 0.235. The van der Waals surface area contributed by atoms with Crippen LogP contribution in [-0.2, 0) is 5.41 Å². The summed E-state index contributed by atoms with van der Waals surface area (Å²) in [6.07, 6.45) is 2.11. The topological polar surface area (TPSA) is 61.3 Å². The average molecular weight is 280 g/mol. The third-order valence-corrected chi connectivity index (χ3v) is 4.22. The Hall–Kier alpha value is -2.49. The fourth-order valence-corrected chi connectivity index (χ4v) is 2.79. The van der Waals surface area contributed by atoms with Crippen LogP contribution in [0.5, 0.6) is 5.75 Å². The highest BCUT2D eigenvalue weighted by Crippen LogP contribution is 2.53. The number of oxazole rings is 1. The van der Waals surface area contributed by atoms with Gasteiger partial charge >= 0.3 is 0 Å². The van der Waals surface area contributed by atoms with Crippen LogP contribution in [-0.4, -0.2) is 12.1 Å². The van der Waals surface area contributed by atoms with Crippen molar-refractivity contribution in [3.8, 4) is 5.75 Å². The van der Waals surface area contributed by atoms with E-state index < -0.39 is 0 Å². The largest absolute Gasteiger partial charge is 0.497 e. The second kappa shape index (κ2) is 4.25. The lowest BCUT2D eigenvalue weighted by Crippen LogP contribution is -2.08. The number of benzene rings is 2. The van der Waals surface area contributed by atoms with E-state index in [0.29, 0.717) is 0 Å². The molecule has 0 aliphatic heterocycles. The lowest BCUT2D eigenvalue weighted by molar-refractivity contribution is 0.414. The van der Waals surface area contributed by atoms with Gasteiger partial charge in [0.05, 0.1) is 12.5 Å². The Bertz CT molecular complexity index is 801. The molecule has 2 aromatic carbocycles. The molecule has 0 amide bonds. The number of hydrogen-bond acceptors (Lipinski definition) is 4. The van der Waals surface area contributed by atoms with Gasteiger partial charge in [0.2, 0.25) is 5.89 Å². The van der Waals surface area contributed by atoms with Gasteiger partial charge in [0.25, 0.3) is 0 Å². The average Bonchev–Trinajstić information content (AvgIpc) is 3.20. The number of methoxy groups -OCH3 is 1. The van der Waals surface area contributed by atoms with Crippen LogP contribution in [0.15, 0.2) is 46.9 Å². The number of rotatable bonds is 3. The molecule has 0 unspecified atom stereocenters. The van der Waals surface area contributed by atoms with Crippen molar-refractivity contribution >= 4 is 16.8 Å². The maximum atomic E-state index is 6.00. The van der Waals surface area contributed by atoms with Crippen molar-refractivity contribution in [1.82, 2.24) is 4.98 Å². The molecule has 106 valence electrons. The summed E-state index contributed by atoms with van der Waals surface area (Å²) in [6, 6.07) is 13.7. The molecule has 3 aromatic rings. The van der Waals surface area contributed by atoms with Gasteiger partial charge in [0, 0.05) is 11.8 Å². The van der Waals surface area contributed by atoms with Crippen molar-refractivity contribution < 1.29 is 9.15 Å². The first-order valence-corrected chi connectivity index (χ1v) is 7.02. The molecule has 0 bridgehead atoms. The first-order chi connectivity index (χ1) is 10.2. The highest BCUT2D eigenvalue weighted by atomic mass is 16.5. The van der Waals surface area contributed by atoms with Gasteiger partial charge in [-0.25, -0.2) is 4.98 Å². The number of anilines is 1. The SMILES string of the molecule is COc1ccc2nc(C3(c4ccc(N)cc4)CC3)oc2c1. The first-order valence-electron chi connectivity index (χ1n) is 7.02. The zero-order chi connectivity index (χ0) is 14.4. The summed E-state index contributed by atoms with van der Waals surface area (Å²) in [4.78, 5) is 4.67. The maximum absolute atomic E-state index is 6.00.